The van der Waals surface area contributed by atoms with E-state index in [0.717, 1.165) is 30.4 Å². The van der Waals surface area contributed by atoms with Gasteiger partial charge in [0.15, 0.2) is 0 Å². The van der Waals surface area contributed by atoms with Crippen molar-refractivity contribution < 1.29 is 13.9 Å². The first kappa shape index (κ1) is 10.8. The summed E-state index contributed by atoms with van der Waals surface area (Å²) in [6.07, 6.45) is 2.19. The van der Waals surface area contributed by atoms with Crippen molar-refractivity contribution in [3.63, 3.8) is 0 Å². The molecule has 2 aromatic rings. The van der Waals surface area contributed by atoms with Crippen LogP contribution in [0.4, 0.5) is 4.39 Å². The van der Waals surface area contributed by atoms with Gasteiger partial charge in [-0.3, -0.25) is 0 Å². The largest absolute Gasteiger partial charge is 0.460 e. The van der Waals surface area contributed by atoms with E-state index in [-0.39, 0.29) is 17.3 Å². The van der Waals surface area contributed by atoms with E-state index in [2.05, 4.69) is 6.92 Å². The normalized spacial score (nSPS) is 29.0. The summed E-state index contributed by atoms with van der Waals surface area (Å²) in [5, 5.41) is 10.4. The maximum absolute atomic E-state index is 13.1. The highest BCUT2D eigenvalue weighted by atomic mass is 19.1. The number of aliphatic hydroxyl groups excluding tert-OH is 1. The molecule has 1 fully saturated rings. The van der Waals surface area contributed by atoms with E-state index in [0.29, 0.717) is 5.58 Å². The molecule has 90 valence electrons. The summed E-state index contributed by atoms with van der Waals surface area (Å²) >= 11 is 0. The summed E-state index contributed by atoms with van der Waals surface area (Å²) in [5.41, 5.74) is 0.596. The van der Waals surface area contributed by atoms with Gasteiger partial charge in [-0.15, -0.1) is 0 Å². The molecule has 2 unspecified atom stereocenters. The minimum absolute atomic E-state index is 0.116. The zero-order valence-electron chi connectivity index (χ0n) is 9.74. The molecule has 1 aliphatic rings. The molecule has 2 atom stereocenters. The number of furan rings is 1. The Morgan fingerprint density at radius 1 is 1.41 bits per heavy atom. The van der Waals surface area contributed by atoms with Crippen molar-refractivity contribution >= 4 is 11.0 Å². The third-order valence-corrected chi connectivity index (χ3v) is 3.79. The quantitative estimate of drug-likeness (QED) is 0.820. The smallest absolute Gasteiger partial charge is 0.134 e. The topological polar surface area (TPSA) is 33.4 Å². The van der Waals surface area contributed by atoms with Crippen LogP contribution in [0.1, 0.15) is 31.9 Å². The first-order valence-electron chi connectivity index (χ1n) is 5.94. The predicted molar refractivity (Wildman–Crippen MR) is 63.4 cm³/mol. The molecule has 1 aliphatic carbocycles. The SMILES string of the molecule is CC1(c2cc3cc(F)ccc3o2)CCC(O)C1. The van der Waals surface area contributed by atoms with E-state index in [1.54, 1.807) is 6.07 Å². The Bertz CT molecular complexity index is 560. The number of benzene rings is 1. The average molecular weight is 234 g/mol. The average Bonchev–Trinajstić information content (AvgIpc) is 2.83. The second-order valence-corrected chi connectivity index (χ2v) is 5.25. The fourth-order valence-corrected chi connectivity index (χ4v) is 2.74. The molecule has 17 heavy (non-hydrogen) atoms. The lowest BCUT2D eigenvalue weighted by Gasteiger charge is -2.20. The summed E-state index contributed by atoms with van der Waals surface area (Å²) < 4.78 is 18.9. The fraction of sp³-hybridized carbons (Fsp3) is 0.429. The van der Waals surface area contributed by atoms with Gasteiger partial charge in [-0.2, -0.15) is 0 Å². The van der Waals surface area contributed by atoms with Crippen molar-refractivity contribution in [2.75, 3.05) is 0 Å². The molecular weight excluding hydrogens is 219 g/mol. The minimum Gasteiger partial charge on any atom is -0.460 e. The zero-order chi connectivity index (χ0) is 12.0. The van der Waals surface area contributed by atoms with Crippen molar-refractivity contribution in [3.8, 4) is 0 Å². The van der Waals surface area contributed by atoms with Crippen LogP contribution in [0.15, 0.2) is 28.7 Å². The molecule has 1 aromatic heterocycles. The van der Waals surface area contributed by atoms with Gasteiger partial charge in [0.05, 0.1) is 6.10 Å². The number of halogens is 1. The van der Waals surface area contributed by atoms with Crippen molar-refractivity contribution in [3.05, 3.63) is 35.8 Å². The van der Waals surface area contributed by atoms with E-state index >= 15 is 0 Å². The van der Waals surface area contributed by atoms with Gasteiger partial charge >= 0.3 is 0 Å². The second kappa shape index (κ2) is 3.57. The Balaban J connectivity index is 2.06. The molecule has 3 rings (SSSR count). The van der Waals surface area contributed by atoms with Crippen LogP contribution in [0.3, 0.4) is 0 Å². The van der Waals surface area contributed by atoms with E-state index in [4.69, 9.17) is 4.42 Å². The maximum Gasteiger partial charge on any atom is 0.134 e. The van der Waals surface area contributed by atoms with Crippen LogP contribution < -0.4 is 0 Å². The van der Waals surface area contributed by atoms with Gasteiger partial charge in [0.2, 0.25) is 0 Å². The van der Waals surface area contributed by atoms with Gasteiger partial charge in [-0.1, -0.05) is 6.92 Å². The van der Waals surface area contributed by atoms with Crippen molar-refractivity contribution in [1.29, 1.82) is 0 Å². The van der Waals surface area contributed by atoms with Gasteiger partial charge in [-0.05, 0) is 43.5 Å². The fourth-order valence-electron chi connectivity index (χ4n) is 2.74. The number of hydrogen-bond acceptors (Lipinski definition) is 2. The lowest BCUT2D eigenvalue weighted by molar-refractivity contribution is 0.172. The Kier molecular flexibility index (Phi) is 2.26. The monoisotopic (exact) mass is 234 g/mol. The van der Waals surface area contributed by atoms with Gasteiger partial charge in [0.1, 0.15) is 17.2 Å². The molecule has 1 saturated carbocycles. The third kappa shape index (κ3) is 1.75. The van der Waals surface area contributed by atoms with Crippen LogP contribution >= 0.6 is 0 Å². The van der Waals surface area contributed by atoms with Crippen LogP contribution in [-0.4, -0.2) is 11.2 Å². The van der Waals surface area contributed by atoms with Crippen molar-refractivity contribution in [1.82, 2.24) is 0 Å². The van der Waals surface area contributed by atoms with Crippen molar-refractivity contribution in [2.45, 2.75) is 37.7 Å². The number of hydrogen-bond donors (Lipinski definition) is 1. The highest BCUT2D eigenvalue weighted by Crippen LogP contribution is 2.42. The molecular formula is C14H15FO2. The molecule has 0 spiro atoms. The number of fused-ring (bicyclic) bond motifs is 1. The number of rotatable bonds is 1. The first-order chi connectivity index (χ1) is 8.07. The Labute approximate surface area is 99.1 Å². The summed E-state index contributed by atoms with van der Waals surface area (Å²) in [7, 11) is 0. The molecule has 3 heteroatoms. The molecule has 2 nitrogen and oxygen atoms in total. The molecule has 1 aromatic carbocycles. The summed E-state index contributed by atoms with van der Waals surface area (Å²) in [5.74, 6) is 0.608. The van der Waals surface area contributed by atoms with E-state index in [9.17, 15) is 9.50 Å². The standard InChI is InChI=1S/C14H15FO2/c1-14(5-4-11(16)8-14)13-7-9-6-10(15)2-3-12(9)17-13/h2-3,6-7,11,16H,4-5,8H2,1H3. The second-order valence-electron chi connectivity index (χ2n) is 5.25. The molecule has 0 aliphatic heterocycles. The molecule has 1 heterocycles. The minimum atomic E-state index is -0.249. The Morgan fingerprint density at radius 2 is 2.24 bits per heavy atom. The molecule has 0 bridgehead atoms. The van der Waals surface area contributed by atoms with Crippen LogP contribution in [0.5, 0.6) is 0 Å². The Hall–Kier alpha value is -1.35. The highest BCUT2D eigenvalue weighted by Gasteiger charge is 2.38. The summed E-state index contributed by atoms with van der Waals surface area (Å²) in [6.45, 7) is 2.09. The van der Waals surface area contributed by atoms with Gasteiger partial charge in [0, 0.05) is 10.8 Å². The number of aliphatic hydroxyl groups is 1. The third-order valence-electron chi connectivity index (χ3n) is 3.79. The molecule has 1 N–H and O–H groups in total. The summed E-state index contributed by atoms with van der Waals surface area (Å²) in [4.78, 5) is 0. The lowest BCUT2D eigenvalue weighted by Crippen LogP contribution is -2.17. The van der Waals surface area contributed by atoms with E-state index in [1.807, 2.05) is 6.07 Å². The van der Waals surface area contributed by atoms with Crippen LogP contribution in [-0.2, 0) is 5.41 Å². The lowest BCUT2D eigenvalue weighted by atomic mass is 9.86. The predicted octanol–water partition coefficient (Wildman–Crippen LogP) is 3.37. The highest BCUT2D eigenvalue weighted by molar-refractivity contribution is 5.78. The van der Waals surface area contributed by atoms with Gasteiger partial charge < -0.3 is 9.52 Å². The van der Waals surface area contributed by atoms with Crippen LogP contribution in [0.2, 0.25) is 0 Å². The summed E-state index contributed by atoms with van der Waals surface area (Å²) in [6, 6.07) is 6.44. The van der Waals surface area contributed by atoms with Crippen LogP contribution in [0, 0.1) is 5.82 Å². The van der Waals surface area contributed by atoms with Gasteiger partial charge in [-0.25, -0.2) is 4.39 Å². The van der Waals surface area contributed by atoms with Crippen LogP contribution in [0.25, 0.3) is 11.0 Å². The zero-order valence-corrected chi connectivity index (χ0v) is 9.74. The molecule has 0 amide bonds. The van der Waals surface area contributed by atoms with Crippen molar-refractivity contribution in [2.24, 2.45) is 0 Å². The van der Waals surface area contributed by atoms with E-state index < -0.39 is 0 Å². The van der Waals surface area contributed by atoms with Gasteiger partial charge in [0.25, 0.3) is 0 Å². The molecule has 0 saturated heterocycles. The maximum atomic E-state index is 13.1. The molecule has 0 radical (unpaired) electrons. The van der Waals surface area contributed by atoms with E-state index in [1.165, 1.54) is 12.1 Å². The first-order valence-corrected chi connectivity index (χ1v) is 5.94. The Morgan fingerprint density at radius 3 is 2.94 bits per heavy atom.